The van der Waals surface area contributed by atoms with Crippen molar-refractivity contribution in [3.63, 3.8) is 0 Å². The molecule has 76 valence electrons. The van der Waals surface area contributed by atoms with Gasteiger partial charge < -0.3 is 0 Å². The summed E-state index contributed by atoms with van der Waals surface area (Å²) in [7, 11) is -9.60. The minimum atomic E-state index is -9.60. The topological polar surface area (TPSA) is 12.9 Å². The second kappa shape index (κ2) is 2.27. The minimum absolute atomic E-state index is 0.598. The molecule has 0 unspecified atom stereocenters. The molecule has 1 nitrogen and oxygen atoms in total. The molecule has 0 aromatic carbocycles. The number of halogens is 6. The molecule has 0 bridgehead atoms. The molecule has 0 atom stereocenters. The highest BCUT2D eigenvalue weighted by molar-refractivity contribution is 14.1. The average Bonchev–Trinajstić information content (AvgIpc) is 1.82. The molecular formula is C5H3F5INS. The van der Waals surface area contributed by atoms with Gasteiger partial charge in [-0.2, -0.15) is 0 Å². The third kappa shape index (κ3) is 2.66. The minimum Gasteiger partial charge on any atom is -0.240 e. The molecular weight excluding hydrogens is 328 g/mol. The van der Waals surface area contributed by atoms with Crippen LogP contribution in [0.2, 0.25) is 0 Å². The Morgan fingerprint density at radius 3 is 2.00 bits per heavy atom. The number of nitrogens with zero attached hydrogens (tertiary/aromatic N) is 1. The Kier molecular flexibility index (Phi) is 1.91. The Morgan fingerprint density at radius 2 is 1.69 bits per heavy atom. The summed E-state index contributed by atoms with van der Waals surface area (Å²) >= 11 is 1.17. The van der Waals surface area contributed by atoms with E-state index in [1.807, 2.05) is 0 Å². The van der Waals surface area contributed by atoms with Gasteiger partial charge in [-0.05, 0) is 34.7 Å². The first-order valence-corrected chi connectivity index (χ1v) is 5.88. The van der Waals surface area contributed by atoms with Crippen molar-refractivity contribution in [2.75, 3.05) is 0 Å². The highest BCUT2D eigenvalue weighted by Gasteiger charge is 2.68. The predicted molar refractivity (Wildman–Crippen MR) is 48.4 cm³/mol. The maximum absolute atomic E-state index is 12.1. The van der Waals surface area contributed by atoms with Crippen molar-refractivity contribution in [1.29, 1.82) is 0 Å². The highest BCUT2D eigenvalue weighted by Crippen LogP contribution is 3.02. The lowest BCUT2D eigenvalue weighted by Gasteiger charge is -2.39. The lowest BCUT2D eigenvalue weighted by molar-refractivity contribution is 0.357. The van der Waals surface area contributed by atoms with Crippen molar-refractivity contribution in [2.45, 2.75) is 5.03 Å². The summed E-state index contributed by atoms with van der Waals surface area (Å²) < 4.78 is 60.1. The molecule has 1 aromatic rings. The monoisotopic (exact) mass is 331 g/mol. The summed E-state index contributed by atoms with van der Waals surface area (Å²) in [6.07, 6.45) is 0.690. The summed E-state index contributed by atoms with van der Waals surface area (Å²) in [5.74, 6) is 0. The van der Waals surface area contributed by atoms with Crippen LogP contribution >= 0.6 is 32.8 Å². The molecule has 8 heteroatoms. The fourth-order valence-electron chi connectivity index (χ4n) is 0.655. The normalized spacial score (nSPS) is 17.7. The van der Waals surface area contributed by atoms with Crippen molar-refractivity contribution in [2.24, 2.45) is 0 Å². The van der Waals surface area contributed by atoms with Crippen molar-refractivity contribution in [3.8, 4) is 0 Å². The Labute approximate surface area is 84.2 Å². The van der Waals surface area contributed by atoms with Gasteiger partial charge in [-0.3, -0.25) is 0 Å². The maximum atomic E-state index is 12.1. The quantitative estimate of drug-likeness (QED) is 0.551. The van der Waals surface area contributed by atoms with Gasteiger partial charge >= 0.3 is 10.2 Å². The standard InChI is InChI=1S/C5H3F5INS/c6-13(7,8,9,10)5-4(11)2-1-3-12-5/h1-3H. The maximum Gasteiger partial charge on any atom is 0.326 e. The van der Waals surface area contributed by atoms with E-state index in [0.717, 1.165) is 12.1 Å². The molecule has 0 aliphatic carbocycles. The highest BCUT2D eigenvalue weighted by atomic mass is 127. The Bertz CT molecular complexity index is 346. The summed E-state index contributed by atoms with van der Waals surface area (Å²) in [6.45, 7) is 0. The molecule has 1 heterocycles. The van der Waals surface area contributed by atoms with Crippen LogP contribution in [-0.4, -0.2) is 4.98 Å². The van der Waals surface area contributed by atoms with Gasteiger partial charge in [0.15, 0.2) is 0 Å². The SMILES string of the molecule is FS(F)(F)(F)(F)c1ncccc1I. The number of aromatic nitrogens is 1. The van der Waals surface area contributed by atoms with E-state index >= 15 is 0 Å². The fraction of sp³-hybridized carbons (Fsp3) is 0. The molecule has 0 aliphatic rings. The van der Waals surface area contributed by atoms with Gasteiger partial charge in [-0.15, -0.1) is 0 Å². The van der Waals surface area contributed by atoms with Gasteiger partial charge in [0, 0.05) is 6.20 Å². The average molecular weight is 331 g/mol. The fourth-order valence-corrected chi connectivity index (χ4v) is 2.95. The number of hydrogen-bond acceptors (Lipinski definition) is 1. The van der Waals surface area contributed by atoms with E-state index < -0.39 is 18.8 Å². The first-order chi connectivity index (χ1) is 5.50. The van der Waals surface area contributed by atoms with E-state index in [-0.39, 0.29) is 0 Å². The van der Waals surface area contributed by atoms with E-state index in [2.05, 4.69) is 4.98 Å². The van der Waals surface area contributed by atoms with Gasteiger partial charge in [0.25, 0.3) is 0 Å². The van der Waals surface area contributed by atoms with Crippen LogP contribution in [0.5, 0.6) is 0 Å². The van der Waals surface area contributed by atoms with E-state index in [9.17, 15) is 19.4 Å². The molecule has 0 spiro atoms. The van der Waals surface area contributed by atoms with Crippen LogP contribution in [0.25, 0.3) is 0 Å². The van der Waals surface area contributed by atoms with Crippen molar-refractivity contribution >= 4 is 32.8 Å². The second-order valence-electron chi connectivity index (χ2n) is 2.26. The van der Waals surface area contributed by atoms with Gasteiger partial charge in [0.05, 0.1) is 3.57 Å². The molecule has 1 rings (SSSR count). The smallest absolute Gasteiger partial charge is 0.240 e. The van der Waals surface area contributed by atoms with Gasteiger partial charge in [0.2, 0.25) is 5.03 Å². The summed E-state index contributed by atoms with van der Waals surface area (Å²) in [6, 6.07) is 2.09. The molecule has 0 aliphatic heterocycles. The van der Waals surface area contributed by atoms with Crippen LogP contribution < -0.4 is 0 Å². The third-order valence-corrected chi connectivity index (χ3v) is 3.38. The van der Waals surface area contributed by atoms with Gasteiger partial charge in [-0.25, -0.2) is 4.98 Å². The largest absolute Gasteiger partial charge is 0.326 e. The zero-order valence-corrected chi connectivity index (χ0v) is 8.83. The van der Waals surface area contributed by atoms with Crippen LogP contribution in [0.1, 0.15) is 0 Å². The third-order valence-electron chi connectivity index (χ3n) is 1.09. The molecule has 0 amide bonds. The van der Waals surface area contributed by atoms with Gasteiger partial charge in [-0.1, -0.05) is 19.4 Å². The summed E-state index contributed by atoms with van der Waals surface area (Å²) in [5.41, 5.74) is 0. The van der Waals surface area contributed by atoms with E-state index in [0.29, 0.717) is 6.20 Å². The zero-order chi connectivity index (χ0) is 10.4. The molecule has 0 radical (unpaired) electrons. The van der Waals surface area contributed by atoms with Crippen LogP contribution in [0.15, 0.2) is 23.4 Å². The number of rotatable bonds is 1. The van der Waals surface area contributed by atoms with E-state index in [1.165, 1.54) is 22.6 Å². The molecule has 13 heavy (non-hydrogen) atoms. The van der Waals surface area contributed by atoms with Crippen molar-refractivity contribution in [3.05, 3.63) is 21.9 Å². The van der Waals surface area contributed by atoms with Crippen molar-refractivity contribution in [1.82, 2.24) is 4.98 Å². The Hall–Kier alpha value is -0.120. The van der Waals surface area contributed by atoms with E-state index in [4.69, 9.17) is 0 Å². The molecule has 0 saturated carbocycles. The van der Waals surface area contributed by atoms with Crippen LogP contribution in [0.3, 0.4) is 0 Å². The van der Waals surface area contributed by atoms with Gasteiger partial charge in [0.1, 0.15) is 0 Å². The molecule has 0 N–H and O–H groups in total. The number of pyridine rings is 1. The van der Waals surface area contributed by atoms with Crippen LogP contribution in [0, 0.1) is 3.57 Å². The zero-order valence-electron chi connectivity index (χ0n) is 5.86. The number of hydrogen-bond donors (Lipinski definition) is 0. The molecule has 0 saturated heterocycles. The first kappa shape index (κ1) is 11.0. The first-order valence-electron chi connectivity index (χ1n) is 2.85. The molecule has 1 aromatic heterocycles. The lowest BCUT2D eigenvalue weighted by atomic mass is 10.5. The Morgan fingerprint density at radius 1 is 1.15 bits per heavy atom. The van der Waals surface area contributed by atoms with Crippen LogP contribution in [-0.2, 0) is 0 Å². The van der Waals surface area contributed by atoms with E-state index in [1.54, 1.807) is 0 Å². The van der Waals surface area contributed by atoms with Crippen LogP contribution in [0.4, 0.5) is 19.4 Å². The lowest BCUT2D eigenvalue weighted by Crippen LogP contribution is -2.10. The second-order valence-corrected chi connectivity index (χ2v) is 5.75. The summed E-state index contributed by atoms with van der Waals surface area (Å²) in [4.78, 5) is 2.66. The molecule has 0 fully saturated rings. The van der Waals surface area contributed by atoms with Crippen molar-refractivity contribution < 1.29 is 19.4 Å². The summed E-state index contributed by atoms with van der Waals surface area (Å²) in [5, 5.41) is -2.07. The predicted octanol–water partition coefficient (Wildman–Crippen LogP) is 4.34. The Balaban J connectivity index is 3.50.